The summed E-state index contributed by atoms with van der Waals surface area (Å²) in [6.45, 7) is 4.62. The van der Waals surface area contributed by atoms with E-state index in [1.165, 1.54) is 9.18 Å². The van der Waals surface area contributed by atoms with Gasteiger partial charge >= 0.3 is 0 Å². The molecule has 3 N–H and O–H groups in total. The monoisotopic (exact) mass is 346 g/mol. The molecule has 0 radical (unpaired) electrons. The van der Waals surface area contributed by atoms with Gasteiger partial charge in [-0.15, -0.1) is 11.3 Å². The third-order valence-corrected chi connectivity index (χ3v) is 5.90. The Labute approximate surface area is 135 Å². The Morgan fingerprint density at radius 3 is 2.45 bits per heavy atom. The molecule has 1 amide bonds. The van der Waals surface area contributed by atoms with Crippen molar-refractivity contribution in [1.29, 1.82) is 0 Å². The highest BCUT2D eigenvalue weighted by Crippen LogP contribution is 2.16. The standard InChI is InChI=1S/C13H22N4O3S2/c1-2-11-3-4-12(21-11)9-15-13(18)10-16-5-7-17(8-6-16)22(14,19)20/h3-4H,2,5-10H2,1H3,(H,15,18)(H2,14,19,20). The molecule has 2 heterocycles. The highest BCUT2D eigenvalue weighted by molar-refractivity contribution is 7.86. The maximum atomic E-state index is 11.9. The maximum Gasteiger partial charge on any atom is 0.276 e. The fraction of sp³-hybridized carbons (Fsp3) is 0.615. The Morgan fingerprint density at radius 2 is 1.91 bits per heavy atom. The highest BCUT2D eigenvalue weighted by Gasteiger charge is 2.24. The molecule has 0 aromatic carbocycles. The van der Waals surface area contributed by atoms with E-state index in [-0.39, 0.29) is 12.5 Å². The van der Waals surface area contributed by atoms with Crippen LogP contribution in [0, 0.1) is 0 Å². The first-order valence-corrected chi connectivity index (χ1v) is 9.55. The molecule has 0 atom stereocenters. The molecular formula is C13H22N4O3S2. The molecule has 124 valence electrons. The van der Waals surface area contributed by atoms with Gasteiger partial charge in [0.1, 0.15) is 0 Å². The number of nitrogens with one attached hydrogen (secondary N) is 1. The first kappa shape index (κ1) is 17.4. The van der Waals surface area contributed by atoms with Crippen LogP contribution in [0.1, 0.15) is 16.7 Å². The van der Waals surface area contributed by atoms with Crippen LogP contribution in [0.2, 0.25) is 0 Å². The van der Waals surface area contributed by atoms with Crippen LogP contribution in [0.25, 0.3) is 0 Å². The predicted molar refractivity (Wildman–Crippen MR) is 86.7 cm³/mol. The number of aryl methyl sites for hydroxylation is 1. The average Bonchev–Trinajstić information content (AvgIpc) is 2.93. The molecular weight excluding hydrogens is 324 g/mol. The molecule has 0 saturated carbocycles. The molecule has 1 aromatic heterocycles. The summed E-state index contributed by atoms with van der Waals surface area (Å²) in [5.41, 5.74) is 0. The van der Waals surface area contributed by atoms with E-state index in [1.807, 2.05) is 11.0 Å². The van der Waals surface area contributed by atoms with Gasteiger partial charge in [0.05, 0.1) is 13.1 Å². The van der Waals surface area contributed by atoms with Crippen LogP contribution in [-0.4, -0.2) is 56.3 Å². The first-order valence-electron chi connectivity index (χ1n) is 7.23. The van der Waals surface area contributed by atoms with E-state index in [4.69, 9.17) is 5.14 Å². The number of carbonyl (C=O) groups excluding carboxylic acids is 1. The second-order valence-electron chi connectivity index (χ2n) is 5.22. The Balaban J connectivity index is 1.72. The summed E-state index contributed by atoms with van der Waals surface area (Å²) in [5.74, 6) is -0.0458. The molecule has 0 spiro atoms. The zero-order chi connectivity index (χ0) is 16.2. The fourth-order valence-electron chi connectivity index (χ4n) is 2.29. The number of amides is 1. The third-order valence-electron chi connectivity index (χ3n) is 3.58. The average molecular weight is 346 g/mol. The third kappa shape index (κ3) is 5.03. The van der Waals surface area contributed by atoms with E-state index < -0.39 is 10.2 Å². The van der Waals surface area contributed by atoms with Gasteiger partial charge < -0.3 is 5.32 Å². The van der Waals surface area contributed by atoms with Gasteiger partial charge in [-0.3, -0.25) is 9.69 Å². The van der Waals surface area contributed by atoms with E-state index in [9.17, 15) is 13.2 Å². The Morgan fingerprint density at radius 1 is 1.27 bits per heavy atom. The van der Waals surface area contributed by atoms with Gasteiger partial charge in [-0.1, -0.05) is 6.92 Å². The van der Waals surface area contributed by atoms with Gasteiger partial charge in [-0.05, 0) is 18.6 Å². The van der Waals surface area contributed by atoms with E-state index in [0.29, 0.717) is 32.7 Å². The fourth-order valence-corrected chi connectivity index (χ4v) is 3.86. The number of piperazine rings is 1. The van der Waals surface area contributed by atoms with Crippen molar-refractivity contribution in [3.8, 4) is 0 Å². The molecule has 2 rings (SSSR count). The maximum absolute atomic E-state index is 11.9. The van der Waals surface area contributed by atoms with Crippen LogP contribution in [0.3, 0.4) is 0 Å². The number of carbonyl (C=O) groups is 1. The lowest BCUT2D eigenvalue weighted by Gasteiger charge is -2.32. The zero-order valence-corrected chi connectivity index (χ0v) is 14.3. The molecule has 1 aromatic rings. The van der Waals surface area contributed by atoms with Crippen LogP contribution in [-0.2, 0) is 28.0 Å². The van der Waals surface area contributed by atoms with Gasteiger partial charge in [0.25, 0.3) is 10.2 Å². The largest absolute Gasteiger partial charge is 0.350 e. The van der Waals surface area contributed by atoms with Gasteiger partial charge in [0, 0.05) is 35.9 Å². The quantitative estimate of drug-likeness (QED) is 0.742. The molecule has 1 aliphatic rings. The summed E-state index contributed by atoms with van der Waals surface area (Å²) in [6, 6.07) is 4.12. The van der Waals surface area contributed by atoms with Crippen LogP contribution in [0.15, 0.2) is 12.1 Å². The molecule has 22 heavy (non-hydrogen) atoms. The second-order valence-corrected chi connectivity index (χ2v) is 8.02. The molecule has 1 saturated heterocycles. The van der Waals surface area contributed by atoms with E-state index in [0.717, 1.165) is 11.3 Å². The SMILES string of the molecule is CCc1ccc(CNC(=O)CN2CCN(S(N)(=O)=O)CC2)s1. The van der Waals surface area contributed by atoms with Crippen molar-refractivity contribution in [3.05, 3.63) is 21.9 Å². The summed E-state index contributed by atoms with van der Waals surface area (Å²) in [5, 5.41) is 7.98. The van der Waals surface area contributed by atoms with Crippen molar-refractivity contribution in [2.75, 3.05) is 32.7 Å². The number of hydrogen-bond donors (Lipinski definition) is 2. The number of thiophene rings is 1. The van der Waals surface area contributed by atoms with Gasteiger partial charge in [-0.25, -0.2) is 5.14 Å². The summed E-state index contributed by atoms with van der Waals surface area (Å²) in [4.78, 5) is 16.3. The molecule has 9 heteroatoms. The first-order chi connectivity index (χ1) is 10.4. The smallest absolute Gasteiger partial charge is 0.276 e. The van der Waals surface area contributed by atoms with Gasteiger partial charge in [0.15, 0.2) is 0 Å². The number of nitrogens with zero attached hydrogens (tertiary/aromatic N) is 2. The lowest BCUT2D eigenvalue weighted by Crippen LogP contribution is -2.52. The Hall–Kier alpha value is -1.00. The molecule has 0 bridgehead atoms. The van der Waals surface area contributed by atoms with Gasteiger partial charge in [-0.2, -0.15) is 12.7 Å². The van der Waals surface area contributed by atoms with Crippen LogP contribution in [0.5, 0.6) is 0 Å². The van der Waals surface area contributed by atoms with Crippen molar-refractivity contribution < 1.29 is 13.2 Å². The van der Waals surface area contributed by atoms with Crippen molar-refractivity contribution >= 4 is 27.5 Å². The minimum absolute atomic E-state index is 0.0458. The molecule has 0 unspecified atom stereocenters. The minimum atomic E-state index is -3.62. The molecule has 1 aliphatic heterocycles. The lowest BCUT2D eigenvalue weighted by molar-refractivity contribution is -0.122. The minimum Gasteiger partial charge on any atom is -0.350 e. The van der Waals surface area contributed by atoms with Crippen molar-refractivity contribution in [3.63, 3.8) is 0 Å². The summed E-state index contributed by atoms with van der Waals surface area (Å²) < 4.78 is 23.7. The summed E-state index contributed by atoms with van der Waals surface area (Å²) in [7, 11) is -3.62. The highest BCUT2D eigenvalue weighted by atomic mass is 32.2. The Bertz CT molecular complexity index is 607. The van der Waals surface area contributed by atoms with Crippen molar-refractivity contribution in [2.24, 2.45) is 5.14 Å². The predicted octanol–water partition coefficient (Wildman–Crippen LogP) is -0.252. The topological polar surface area (TPSA) is 95.7 Å². The zero-order valence-electron chi connectivity index (χ0n) is 12.6. The van der Waals surface area contributed by atoms with E-state index >= 15 is 0 Å². The normalized spacial score (nSPS) is 17.5. The second kappa shape index (κ2) is 7.51. The van der Waals surface area contributed by atoms with Gasteiger partial charge in [0.2, 0.25) is 5.91 Å². The van der Waals surface area contributed by atoms with Crippen LogP contribution in [0.4, 0.5) is 0 Å². The molecule has 7 nitrogen and oxygen atoms in total. The van der Waals surface area contributed by atoms with Crippen LogP contribution < -0.4 is 10.5 Å². The number of hydrogen-bond acceptors (Lipinski definition) is 5. The van der Waals surface area contributed by atoms with Crippen molar-refractivity contribution in [1.82, 2.24) is 14.5 Å². The van der Waals surface area contributed by atoms with Crippen molar-refractivity contribution in [2.45, 2.75) is 19.9 Å². The number of rotatable bonds is 6. The summed E-state index contributed by atoms with van der Waals surface area (Å²) >= 11 is 1.71. The lowest BCUT2D eigenvalue weighted by atomic mass is 10.3. The summed E-state index contributed by atoms with van der Waals surface area (Å²) in [6.07, 6.45) is 1.01. The van der Waals surface area contributed by atoms with Crippen LogP contribution >= 0.6 is 11.3 Å². The molecule has 1 fully saturated rings. The Kier molecular flexibility index (Phi) is 5.93. The molecule has 0 aliphatic carbocycles. The van der Waals surface area contributed by atoms with E-state index in [1.54, 1.807) is 11.3 Å². The number of nitrogens with two attached hydrogens (primary N) is 1. The van der Waals surface area contributed by atoms with E-state index in [2.05, 4.69) is 18.3 Å².